The summed E-state index contributed by atoms with van der Waals surface area (Å²) in [6.07, 6.45) is 1.40. The summed E-state index contributed by atoms with van der Waals surface area (Å²) in [4.78, 5) is 24.5. The Bertz CT molecular complexity index is 784. The molecule has 8 heteroatoms. The molecular weight excluding hydrogens is 353 g/mol. The van der Waals surface area contributed by atoms with Gasteiger partial charge in [-0.25, -0.2) is 0 Å². The SMILES string of the molecule is Cc1onc(-c2c(Cl)cccc2Cl)c1C(=O)NC1CCCNC1=O. The van der Waals surface area contributed by atoms with Crippen molar-refractivity contribution in [3.05, 3.63) is 39.6 Å². The lowest BCUT2D eigenvalue weighted by atomic mass is 10.0. The van der Waals surface area contributed by atoms with Gasteiger partial charge in [0.15, 0.2) is 0 Å². The van der Waals surface area contributed by atoms with Crippen LogP contribution in [0.15, 0.2) is 22.7 Å². The van der Waals surface area contributed by atoms with E-state index >= 15 is 0 Å². The van der Waals surface area contributed by atoms with Crippen molar-refractivity contribution in [2.75, 3.05) is 6.54 Å². The number of amides is 2. The van der Waals surface area contributed by atoms with Gasteiger partial charge in [-0.3, -0.25) is 9.59 Å². The Balaban J connectivity index is 1.95. The van der Waals surface area contributed by atoms with Gasteiger partial charge >= 0.3 is 0 Å². The van der Waals surface area contributed by atoms with Crippen LogP contribution in [-0.4, -0.2) is 29.6 Å². The van der Waals surface area contributed by atoms with E-state index in [0.717, 1.165) is 6.42 Å². The zero-order valence-corrected chi connectivity index (χ0v) is 14.4. The molecule has 1 aliphatic heterocycles. The largest absolute Gasteiger partial charge is 0.360 e. The van der Waals surface area contributed by atoms with Gasteiger partial charge < -0.3 is 15.2 Å². The number of aromatic nitrogens is 1. The first-order valence-corrected chi connectivity index (χ1v) is 8.24. The van der Waals surface area contributed by atoms with Crippen molar-refractivity contribution in [2.45, 2.75) is 25.8 Å². The number of piperidine rings is 1. The summed E-state index contributed by atoms with van der Waals surface area (Å²) in [5, 5.41) is 10.1. The smallest absolute Gasteiger partial charge is 0.257 e. The maximum atomic E-state index is 12.7. The van der Waals surface area contributed by atoms with Crippen LogP contribution in [0.25, 0.3) is 11.3 Å². The minimum Gasteiger partial charge on any atom is -0.360 e. The highest BCUT2D eigenvalue weighted by Crippen LogP contribution is 2.36. The van der Waals surface area contributed by atoms with Crippen LogP contribution in [0.2, 0.25) is 10.0 Å². The molecule has 2 N–H and O–H groups in total. The van der Waals surface area contributed by atoms with E-state index in [2.05, 4.69) is 15.8 Å². The molecule has 0 spiro atoms. The molecule has 6 nitrogen and oxygen atoms in total. The fourth-order valence-electron chi connectivity index (χ4n) is 2.67. The van der Waals surface area contributed by atoms with Crippen LogP contribution in [0.5, 0.6) is 0 Å². The van der Waals surface area contributed by atoms with Crippen molar-refractivity contribution in [3.63, 3.8) is 0 Å². The lowest BCUT2D eigenvalue weighted by Crippen LogP contribution is -2.50. The van der Waals surface area contributed by atoms with Crippen LogP contribution in [0.4, 0.5) is 0 Å². The molecule has 2 heterocycles. The fraction of sp³-hybridized carbons (Fsp3) is 0.312. The number of hydrogen-bond donors (Lipinski definition) is 2. The van der Waals surface area contributed by atoms with E-state index in [1.807, 2.05) is 0 Å². The highest BCUT2D eigenvalue weighted by molar-refractivity contribution is 6.39. The van der Waals surface area contributed by atoms with E-state index in [0.29, 0.717) is 34.3 Å². The van der Waals surface area contributed by atoms with Crippen LogP contribution in [0.1, 0.15) is 29.0 Å². The summed E-state index contributed by atoms with van der Waals surface area (Å²) in [5.41, 5.74) is 0.913. The number of aryl methyl sites for hydroxylation is 1. The molecular formula is C16H15Cl2N3O3. The zero-order chi connectivity index (χ0) is 17.3. The van der Waals surface area contributed by atoms with Crippen molar-refractivity contribution in [3.8, 4) is 11.3 Å². The number of hydrogen-bond acceptors (Lipinski definition) is 4. The number of carbonyl (C=O) groups is 2. The van der Waals surface area contributed by atoms with E-state index in [-0.39, 0.29) is 17.2 Å². The van der Waals surface area contributed by atoms with Crippen LogP contribution < -0.4 is 10.6 Å². The average Bonchev–Trinajstić information content (AvgIpc) is 2.91. The van der Waals surface area contributed by atoms with Crippen LogP contribution in [-0.2, 0) is 4.79 Å². The molecule has 3 rings (SSSR count). The minimum atomic E-state index is -0.574. The second kappa shape index (κ2) is 6.83. The number of nitrogens with zero attached hydrogens (tertiary/aromatic N) is 1. The van der Waals surface area contributed by atoms with Gasteiger partial charge in [-0.15, -0.1) is 0 Å². The molecule has 1 atom stereocenters. The van der Waals surface area contributed by atoms with Crippen LogP contribution >= 0.6 is 23.2 Å². The van der Waals surface area contributed by atoms with E-state index in [1.54, 1.807) is 25.1 Å². The Hall–Kier alpha value is -2.05. The van der Waals surface area contributed by atoms with Gasteiger partial charge in [0.1, 0.15) is 23.1 Å². The molecule has 1 fully saturated rings. The first-order valence-electron chi connectivity index (χ1n) is 7.48. The minimum absolute atomic E-state index is 0.193. The molecule has 0 saturated carbocycles. The molecule has 126 valence electrons. The molecule has 2 amide bonds. The van der Waals surface area contributed by atoms with Crippen LogP contribution in [0.3, 0.4) is 0 Å². The molecule has 2 aromatic rings. The lowest BCUT2D eigenvalue weighted by molar-refractivity contribution is -0.124. The second-order valence-corrected chi connectivity index (χ2v) is 6.33. The third kappa shape index (κ3) is 3.12. The Morgan fingerprint density at radius 1 is 1.38 bits per heavy atom. The topological polar surface area (TPSA) is 84.2 Å². The zero-order valence-electron chi connectivity index (χ0n) is 12.9. The highest BCUT2D eigenvalue weighted by atomic mass is 35.5. The van der Waals surface area contributed by atoms with E-state index in [9.17, 15) is 9.59 Å². The number of carbonyl (C=O) groups excluding carboxylic acids is 2. The lowest BCUT2D eigenvalue weighted by Gasteiger charge is -2.22. The molecule has 1 aromatic carbocycles. The summed E-state index contributed by atoms with van der Waals surface area (Å²) in [5.74, 6) is -0.308. The van der Waals surface area contributed by atoms with Gasteiger partial charge in [-0.05, 0) is 31.9 Å². The van der Waals surface area contributed by atoms with Gasteiger partial charge in [0, 0.05) is 12.1 Å². The molecule has 1 aromatic heterocycles. The predicted molar refractivity (Wildman–Crippen MR) is 90.2 cm³/mol. The Labute approximate surface area is 148 Å². The van der Waals surface area contributed by atoms with Crippen molar-refractivity contribution < 1.29 is 14.1 Å². The first kappa shape index (κ1) is 16.8. The van der Waals surface area contributed by atoms with E-state index in [4.69, 9.17) is 27.7 Å². The van der Waals surface area contributed by atoms with Gasteiger partial charge in [-0.2, -0.15) is 0 Å². The van der Waals surface area contributed by atoms with Crippen molar-refractivity contribution in [1.29, 1.82) is 0 Å². The molecule has 0 radical (unpaired) electrons. The normalized spacial score (nSPS) is 17.5. The number of rotatable bonds is 3. The van der Waals surface area contributed by atoms with E-state index in [1.165, 1.54) is 0 Å². The second-order valence-electron chi connectivity index (χ2n) is 5.52. The Morgan fingerprint density at radius 3 is 2.75 bits per heavy atom. The first-order chi connectivity index (χ1) is 11.5. The van der Waals surface area contributed by atoms with E-state index < -0.39 is 11.9 Å². The number of halogens is 2. The predicted octanol–water partition coefficient (Wildman–Crippen LogP) is 2.97. The Kier molecular flexibility index (Phi) is 4.78. The van der Waals surface area contributed by atoms with Gasteiger partial charge in [0.2, 0.25) is 5.91 Å². The summed E-state index contributed by atoms with van der Waals surface area (Å²) in [7, 11) is 0. The quantitative estimate of drug-likeness (QED) is 0.873. The van der Waals surface area contributed by atoms with Gasteiger partial charge in [0.25, 0.3) is 5.91 Å². The van der Waals surface area contributed by atoms with Gasteiger partial charge in [0.05, 0.1) is 10.0 Å². The number of benzene rings is 1. The summed E-state index contributed by atoms with van der Waals surface area (Å²) in [6, 6.07) is 4.44. The van der Waals surface area contributed by atoms with Crippen molar-refractivity contribution >= 4 is 35.0 Å². The molecule has 0 bridgehead atoms. The average molecular weight is 368 g/mol. The summed E-state index contributed by atoms with van der Waals surface area (Å²) >= 11 is 12.4. The standard InChI is InChI=1S/C16H15Cl2N3O3/c1-8-12(16(23)20-11-6-3-7-19-15(11)22)14(21-24-8)13-9(17)4-2-5-10(13)18/h2,4-5,11H,3,6-7H2,1H3,(H,19,22)(H,20,23). The molecule has 1 aliphatic rings. The Morgan fingerprint density at radius 2 is 2.08 bits per heavy atom. The fourth-order valence-corrected chi connectivity index (χ4v) is 3.25. The third-order valence-corrected chi connectivity index (χ3v) is 4.51. The maximum absolute atomic E-state index is 12.7. The third-order valence-electron chi connectivity index (χ3n) is 3.88. The summed E-state index contributed by atoms with van der Waals surface area (Å²) in [6.45, 7) is 2.25. The molecule has 0 aliphatic carbocycles. The van der Waals surface area contributed by atoms with Crippen LogP contribution in [0, 0.1) is 6.92 Å². The van der Waals surface area contributed by atoms with Gasteiger partial charge in [-0.1, -0.05) is 34.4 Å². The monoisotopic (exact) mass is 367 g/mol. The molecule has 24 heavy (non-hydrogen) atoms. The van der Waals surface area contributed by atoms with Crippen molar-refractivity contribution in [2.24, 2.45) is 0 Å². The van der Waals surface area contributed by atoms with Crippen molar-refractivity contribution in [1.82, 2.24) is 15.8 Å². The molecule has 1 unspecified atom stereocenters. The highest BCUT2D eigenvalue weighted by Gasteiger charge is 2.29. The summed E-state index contributed by atoms with van der Waals surface area (Å²) < 4.78 is 5.17. The number of nitrogens with one attached hydrogen (secondary N) is 2. The molecule has 1 saturated heterocycles. The maximum Gasteiger partial charge on any atom is 0.257 e.